The molecule has 0 spiro atoms. The number of nitrogens with zero attached hydrogens (tertiary/aromatic N) is 3. The minimum Gasteiger partial charge on any atom is -0.394 e. The second-order valence-electron chi connectivity index (χ2n) is 3.62. The van der Waals surface area contributed by atoms with Crippen molar-refractivity contribution in [2.24, 2.45) is 0 Å². The van der Waals surface area contributed by atoms with Crippen LogP contribution in [-0.4, -0.2) is 36.0 Å². The average molecular weight is 258 g/mol. The molecular weight excluding hydrogens is 242 g/mol. The summed E-state index contributed by atoms with van der Waals surface area (Å²) in [5.74, 6) is 0.371. The van der Waals surface area contributed by atoms with Crippen LogP contribution in [0, 0.1) is 6.92 Å². The van der Waals surface area contributed by atoms with Crippen molar-refractivity contribution >= 4 is 29.0 Å². The lowest BCUT2D eigenvalue weighted by Crippen LogP contribution is -2.35. The molecule has 0 fully saturated rings. The molecule has 0 aromatic carbocycles. The van der Waals surface area contributed by atoms with Crippen LogP contribution in [0.3, 0.4) is 0 Å². The molecule has 1 heterocycles. The number of nitrogens with two attached hydrogens (primary N) is 1. The van der Waals surface area contributed by atoms with E-state index in [0.717, 1.165) is 0 Å². The van der Waals surface area contributed by atoms with Gasteiger partial charge in [0.2, 0.25) is 11.2 Å². The van der Waals surface area contributed by atoms with Crippen molar-refractivity contribution in [3.05, 3.63) is 11.0 Å². The normalized spacial score (nSPS) is 10.1. The lowest BCUT2D eigenvalue weighted by atomic mass is 10.3. The molecule has 0 radical (unpaired) electrons. The molecule has 0 saturated carbocycles. The van der Waals surface area contributed by atoms with E-state index < -0.39 is 0 Å². The highest BCUT2D eigenvalue weighted by Crippen LogP contribution is 2.23. The summed E-state index contributed by atoms with van der Waals surface area (Å²) in [5.41, 5.74) is 6.88. The molecule has 0 saturated heterocycles. The molecule has 1 amide bonds. The zero-order valence-corrected chi connectivity index (χ0v) is 10.9. The Bertz CT molecular complexity index is 423. The first-order valence-corrected chi connectivity index (χ1v) is 5.61. The first-order valence-electron chi connectivity index (χ1n) is 5.23. The Hall–Kier alpha value is -1.56. The van der Waals surface area contributed by atoms with E-state index in [-0.39, 0.29) is 17.7 Å². The fourth-order valence-corrected chi connectivity index (χ4v) is 1.57. The summed E-state index contributed by atoms with van der Waals surface area (Å²) in [6.45, 7) is 4.36. The van der Waals surface area contributed by atoms with E-state index in [2.05, 4.69) is 15.3 Å². The number of hydrogen-bond donors (Lipinski definition) is 2. The Kier molecular flexibility index (Phi) is 4.51. The van der Waals surface area contributed by atoms with E-state index in [1.807, 2.05) is 6.92 Å². The van der Waals surface area contributed by atoms with Gasteiger partial charge in [-0.1, -0.05) is 0 Å². The highest BCUT2D eigenvalue weighted by Gasteiger charge is 2.14. The molecular formula is C10H16ClN5O. The van der Waals surface area contributed by atoms with Crippen LogP contribution in [0.4, 0.5) is 11.5 Å². The van der Waals surface area contributed by atoms with Gasteiger partial charge in [-0.25, -0.2) is 4.98 Å². The van der Waals surface area contributed by atoms with Gasteiger partial charge in [0, 0.05) is 13.6 Å². The van der Waals surface area contributed by atoms with E-state index in [9.17, 15) is 4.79 Å². The van der Waals surface area contributed by atoms with E-state index in [1.165, 1.54) is 0 Å². The van der Waals surface area contributed by atoms with Crippen molar-refractivity contribution in [2.45, 2.75) is 13.8 Å². The molecule has 0 aliphatic heterocycles. The summed E-state index contributed by atoms with van der Waals surface area (Å²) in [5, 5.41) is 2.82. The minimum atomic E-state index is -0.0956. The summed E-state index contributed by atoms with van der Waals surface area (Å²) in [7, 11) is 1.73. The maximum Gasteiger partial charge on any atom is 0.239 e. The number of aryl methyl sites for hydroxylation is 1. The van der Waals surface area contributed by atoms with Gasteiger partial charge in [0.1, 0.15) is 0 Å². The predicted octanol–water partition coefficient (Wildman–Crippen LogP) is 0.593. The van der Waals surface area contributed by atoms with Crippen molar-refractivity contribution in [3.63, 3.8) is 0 Å². The minimum absolute atomic E-state index is 0.0956. The second-order valence-corrected chi connectivity index (χ2v) is 3.96. The maximum atomic E-state index is 11.4. The van der Waals surface area contributed by atoms with E-state index in [4.69, 9.17) is 17.3 Å². The number of amides is 1. The summed E-state index contributed by atoms with van der Waals surface area (Å²) in [4.78, 5) is 21.0. The molecule has 1 rings (SSSR count). The van der Waals surface area contributed by atoms with Crippen LogP contribution in [0.25, 0.3) is 0 Å². The van der Waals surface area contributed by atoms with Crippen LogP contribution >= 0.6 is 11.6 Å². The number of nitrogen functional groups attached to an aromatic ring is 1. The van der Waals surface area contributed by atoms with E-state index in [0.29, 0.717) is 23.7 Å². The van der Waals surface area contributed by atoms with E-state index in [1.54, 1.807) is 18.9 Å². The van der Waals surface area contributed by atoms with Gasteiger partial charge in [0.15, 0.2) is 5.82 Å². The molecule has 0 aliphatic carbocycles. The van der Waals surface area contributed by atoms with Crippen molar-refractivity contribution in [1.82, 2.24) is 15.3 Å². The molecule has 6 nitrogen and oxygen atoms in total. The van der Waals surface area contributed by atoms with Crippen LogP contribution in [0.5, 0.6) is 0 Å². The molecule has 17 heavy (non-hydrogen) atoms. The highest BCUT2D eigenvalue weighted by atomic mass is 35.5. The zero-order valence-electron chi connectivity index (χ0n) is 10.1. The average Bonchev–Trinajstić information content (AvgIpc) is 2.23. The van der Waals surface area contributed by atoms with Crippen LogP contribution in [0.1, 0.15) is 12.6 Å². The standard InChI is InChI=1S/C10H16ClN5O/c1-4-13-7(17)5-16(3)9-8(12)6(2)14-10(11)15-9/h4-5,12H2,1-3H3,(H,13,17). The molecule has 1 aromatic rings. The number of likely N-dealkylation sites (N-methyl/N-ethyl adjacent to an activating group) is 2. The summed E-state index contributed by atoms with van der Waals surface area (Å²) < 4.78 is 0. The van der Waals surface area contributed by atoms with Gasteiger partial charge in [-0.15, -0.1) is 0 Å². The molecule has 94 valence electrons. The third-order valence-electron chi connectivity index (χ3n) is 2.21. The van der Waals surface area contributed by atoms with Crippen LogP contribution in [-0.2, 0) is 4.79 Å². The fraction of sp³-hybridized carbons (Fsp3) is 0.500. The Morgan fingerprint density at radius 1 is 1.53 bits per heavy atom. The second kappa shape index (κ2) is 5.67. The summed E-state index contributed by atoms with van der Waals surface area (Å²) in [6.07, 6.45) is 0. The lowest BCUT2D eigenvalue weighted by Gasteiger charge is -2.19. The number of carbonyl (C=O) groups excluding carboxylic acids is 1. The maximum absolute atomic E-state index is 11.4. The van der Waals surface area contributed by atoms with Gasteiger partial charge in [-0.05, 0) is 25.4 Å². The predicted molar refractivity (Wildman–Crippen MR) is 68.1 cm³/mol. The largest absolute Gasteiger partial charge is 0.394 e. The fourth-order valence-electron chi connectivity index (χ4n) is 1.37. The lowest BCUT2D eigenvalue weighted by molar-refractivity contribution is -0.119. The van der Waals surface area contributed by atoms with Crippen molar-refractivity contribution in [2.75, 3.05) is 30.8 Å². The third-order valence-corrected chi connectivity index (χ3v) is 2.37. The van der Waals surface area contributed by atoms with Crippen LogP contribution < -0.4 is 16.0 Å². The number of aromatic nitrogens is 2. The molecule has 0 atom stereocenters. The SMILES string of the molecule is CCNC(=O)CN(C)c1nc(Cl)nc(C)c1N. The number of carbonyl (C=O) groups is 1. The monoisotopic (exact) mass is 257 g/mol. The molecule has 7 heteroatoms. The smallest absolute Gasteiger partial charge is 0.239 e. The van der Waals surface area contributed by atoms with Crippen LogP contribution in [0.15, 0.2) is 0 Å². The van der Waals surface area contributed by atoms with Crippen molar-refractivity contribution < 1.29 is 4.79 Å². The number of nitrogens with one attached hydrogen (secondary N) is 1. The Morgan fingerprint density at radius 3 is 2.76 bits per heavy atom. The highest BCUT2D eigenvalue weighted by molar-refractivity contribution is 6.28. The molecule has 3 N–H and O–H groups in total. The summed E-state index contributed by atoms with van der Waals surface area (Å²) in [6, 6.07) is 0. The van der Waals surface area contributed by atoms with Crippen LogP contribution in [0.2, 0.25) is 5.28 Å². The van der Waals surface area contributed by atoms with Gasteiger partial charge >= 0.3 is 0 Å². The van der Waals surface area contributed by atoms with Gasteiger partial charge in [0.25, 0.3) is 0 Å². The van der Waals surface area contributed by atoms with Crippen molar-refractivity contribution in [1.29, 1.82) is 0 Å². The third kappa shape index (κ3) is 3.45. The van der Waals surface area contributed by atoms with Gasteiger partial charge in [-0.3, -0.25) is 4.79 Å². The van der Waals surface area contributed by atoms with Gasteiger partial charge < -0.3 is 16.0 Å². The first-order chi connectivity index (χ1) is 7.95. The number of halogens is 1. The van der Waals surface area contributed by atoms with Gasteiger partial charge in [-0.2, -0.15) is 4.98 Å². The molecule has 0 aliphatic rings. The van der Waals surface area contributed by atoms with Gasteiger partial charge in [0.05, 0.1) is 17.9 Å². The molecule has 0 bridgehead atoms. The summed E-state index contributed by atoms with van der Waals surface area (Å²) >= 11 is 5.76. The number of anilines is 2. The zero-order chi connectivity index (χ0) is 13.0. The Morgan fingerprint density at radius 2 is 2.18 bits per heavy atom. The van der Waals surface area contributed by atoms with E-state index >= 15 is 0 Å². The quantitative estimate of drug-likeness (QED) is 0.772. The molecule has 1 aromatic heterocycles. The number of hydrogen-bond acceptors (Lipinski definition) is 5. The number of rotatable bonds is 4. The Labute approximate surface area is 105 Å². The van der Waals surface area contributed by atoms with Crippen molar-refractivity contribution in [3.8, 4) is 0 Å². The Balaban J connectivity index is 2.88. The molecule has 0 unspecified atom stereocenters. The topological polar surface area (TPSA) is 84.1 Å². The first kappa shape index (κ1) is 13.5.